The molecule has 2 heterocycles. The Balaban J connectivity index is 1.54. The van der Waals surface area contributed by atoms with Crippen molar-refractivity contribution < 1.29 is 4.79 Å². The summed E-state index contributed by atoms with van der Waals surface area (Å²) in [5, 5.41) is 35.4. The van der Waals surface area contributed by atoms with Gasteiger partial charge in [-0.1, -0.05) is 49.2 Å². The van der Waals surface area contributed by atoms with Crippen LogP contribution in [0.15, 0.2) is 63.8 Å². The third kappa shape index (κ3) is 4.50. The van der Waals surface area contributed by atoms with Gasteiger partial charge in [0, 0.05) is 11.1 Å². The van der Waals surface area contributed by atoms with Crippen molar-refractivity contribution in [2.24, 2.45) is 5.41 Å². The van der Waals surface area contributed by atoms with Crippen molar-refractivity contribution >= 4 is 29.4 Å². The number of dihydropyridines is 1. The summed E-state index contributed by atoms with van der Waals surface area (Å²) in [5.74, 6) is 0.230. The first-order valence-corrected chi connectivity index (χ1v) is 12.8. The summed E-state index contributed by atoms with van der Waals surface area (Å²) >= 11 is 2.69. The van der Waals surface area contributed by atoms with Gasteiger partial charge < -0.3 is 10.6 Å². The summed E-state index contributed by atoms with van der Waals surface area (Å²) in [5.41, 5.74) is 1.33. The van der Waals surface area contributed by atoms with E-state index in [0.717, 1.165) is 37.8 Å². The van der Waals surface area contributed by atoms with Crippen LogP contribution in [0.1, 0.15) is 32.1 Å². The molecule has 1 aliphatic heterocycles. The fourth-order valence-corrected chi connectivity index (χ4v) is 5.82. The molecule has 2 aromatic rings. The molecule has 1 aromatic carbocycles. The quantitative estimate of drug-likeness (QED) is 0.602. The normalized spacial score (nSPS) is 17.3. The highest BCUT2D eigenvalue weighted by Gasteiger charge is 2.46. The van der Waals surface area contributed by atoms with Gasteiger partial charge in [0.2, 0.25) is 5.91 Å². The zero-order valence-electron chi connectivity index (χ0n) is 18.2. The van der Waals surface area contributed by atoms with Crippen LogP contribution in [0.2, 0.25) is 0 Å². The molecule has 1 saturated carbocycles. The van der Waals surface area contributed by atoms with Gasteiger partial charge in [0.1, 0.15) is 12.1 Å². The number of hydrogen-bond donors (Lipinski definition) is 2. The maximum Gasteiger partial charge on any atom is 0.235 e. The van der Waals surface area contributed by atoms with E-state index < -0.39 is 5.41 Å². The highest BCUT2D eigenvalue weighted by Crippen LogP contribution is 2.51. The maximum atomic E-state index is 12.9. The third-order valence-electron chi connectivity index (χ3n) is 5.96. The van der Waals surface area contributed by atoms with E-state index in [1.807, 2.05) is 41.2 Å². The van der Waals surface area contributed by atoms with E-state index in [0.29, 0.717) is 27.2 Å². The number of benzene rings is 1. The number of thioether (sulfide) groups is 2. The average Bonchev–Trinajstić information content (AvgIpc) is 3.32. The minimum atomic E-state index is -0.630. The molecule has 0 unspecified atom stereocenters. The van der Waals surface area contributed by atoms with Crippen molar-refractivity contribution in [2.45, 2.75) is 37.3 Å². The number of rotatable bonds is 6. The molecule has 1 aromatic heterocycles. The molecule has 1 amide bonds. The lowest BCUT2D eigenvalue weighted by molar-refractivity contribution is -0.118. The van der Waals surface area contributed by atoms with Crippen LogP contribution in [0.3, 0.4) is 0 Å². The number of hydrogen-bond acceptors (Lipinski definition) is 8. The van der Waals surface area contributed by atoms with Crippen molar-refractivity contribution in [3.63, 3.8) is 0 Å². The molecule has 0 bridgehead atoms. The van der Waals surface area contributed by atoms with E-state index in [4.69, 9.17) is 0 Å². The van der Waals surface area contributed by atoms with Crippen molar-refractivity contribution in [1.82, 2.24) is 25.4 Å². The first kappa shape index (κ1) is 23.0. The van der Waals surface area contributed by atoms with Crippen molar-refractivity contribution in [1.29, 1.82) is 10.5 Å². The zero-order valence-corrected chi connectivity index (χ0v) is 19.8. The van der Waals surface area contributed by atoms with Crippen LogP contribution in [0, 0.1) is 28.1 Å². The van der Waals surface area contributed by atoms with Gasteiger partial charge in [-0.25, -0.2) is 0 Å². The number of carbonyl (C=O) groups is 1. The fraction of sp³-hybridized carbons (Fsp3) is 0.348. The molecule has 8 nitrogen and oxygen atoms in total. The minimum absolute atomic E-state index is 0.103. The fourth-order valence-electron chi connectivity index (χ4n) is 4.44. The Morgan fingerprint density at radius 2 is 1.91 bits per heavy atom. The Morgan fingerprint density at radius 3 is 2.58 bits per heavy atom. The van der Waals surface area contributed by atoms with Gasteiger partial charge in [-0.2, -0.15) is 10.5 Å². The van der Waals surface area contributed by atoms with Gasteiger partial charge in [0.15, 0.2) is 5.16 Å². The molecule has 1 aliphatic carbocycles. The Bertz CT molecular complexity index is 1180. The average molecular weight is 478 g/mol. The predicted octanol–water partition coefficient (Wildman–Crippen LogP) is 3.86. The van der Waals surface area contributed by atoms with Gasteiger partial charge in [-0.05, 0) is 31.2 Å². The Kier molecular flexibility index (Phi) is 7.07. The molecule has 1 fully saturated rings. The van der Waals surface area contributed by atoms with Gasteiger partial charge in [0.05, 0.1) is 34.1 Å². The lowest BCUT2D eigenvalue weighted by Gasteiger charge is -2.41. The number of nitriles is 2. The molecular weight excluding hydrogens is 454 g/mol. The molecular formula is C23H23N7OS2. The van der Waals surface area contributed by atoms with E-state index in [-0.39, 0.29) is 11.7 Å². The molecule has 0 saturated heterocycles. The van der Waals surface area contributed by atoms with Crippen LogP contribution in [0.4, 0.5) is 0 Å². The van der Waals surface area contributed by atoms with E-state index in [2.05, 4.69) is 33.0 Å². The largest absolute Gasteiger partial charge is 0.335 e. The van der Waals surface area contributed by atoms with Crippen molar-refractivity contribution in [3.05, 3.63) is 58.7 Å². The molecule has 10 heteroatoms. The Morgan fingerprint density at radius 1 is 1.18 bits per heavy atom. The molecule has 33 heavy (non-hydrogen) atoms. The molecule has 2 aliphatic rings. The second-order valence-electron chi connectivity index (χ2n) is 7.81. The van der Waals surface area contributed by atoms with Crippen molar-refractivity contribution in [3.8, 4) is 17.8 Å². The second-order valence-corrected chi connectivity index (χ2v) is 9.56. The molecule has 1 spiro atoms. The van der Waals surface area contributed by atoms with Crippen LogP contribution in [0.5, 0.6) is 0 Å². The van der Waals surface area contributed by atoms with E-state index >= 15 is 0 Å². The third-order valence-corrected chi connectivity index (χ3v) is 7.61. The molecule has 2 N–H and O–H groups in total. The minimum Gasteiger partial charge on any atom is -0.335 e. The van der Waals surface area contributed by atoms with Crippen LogP contribution in [-0.4, -0.2) is 32.7 Å². The predicted molar refractivity (Wildman–Crippen MR) is 128 cm³/mol. The zero-order chi connectivity index (χ0) is 23.3. The van der Waals surface area contributed by atoms with E-state index in [1.165, 1.54) is 23.5 Å². The van der Waals surface area contributed by atoms with Crippen LogP contribution >= 0.6 is 23.5 Å². The number of nitrogens with zero attached hydrogens (tertiary/aromatic N) is 5. The second kappa shape index (κ2) is 10.2. The summed E-state index contributed by atoms with van der Waals surface area (Å²) in [6, 6.07) is 14.3. The maximum absolute atomic E-state index is 12.9. The summed E-state index contributed by atoms with van der Waals surface area (Å²) < 4.78 is 1.82. The van der Waals surface area contributed by atoms with Crippen LogP contribution < -0.4 is 10.6 Å². The highest BCUT2D eigenvalue weighted by molar-refractivity contribution is 8.02. The number of allylic oxidation sites excluding steroid dienone is 2. The van der Waals surface area contributed by atoms with E-state index in [1.54, 1.807) is 6.33 Å². The lowest BCUT2D eigenvalue weighted by Crippen LogP contribution is -2.43. The van der Waals surface area contributed by atoms with Crippen LogP contribution in [0.25, 0.3) is 5.69 Å². The summed E-state index contributed by atoms with van der Waals surface area (Å²) in [6.45, 7) is 0. The number of nitrogens with one attached hydrogen (secondary N) is 2. The first-order chi connectivity index (χ1) is 16.1. The number of para-hydroxylation sites is 1. The Labute approximate surface area is 201 Å². The molecule has 0 atom stereocenters. The SMILES string of the molecule is CSC1=C(C#N)C2(CCCCC2)C(C#N)=C(NC(=O)CSc2nncn2-c2ccccc2)N1. The number of amides is 1. The Hall–Kier alpha value is -3.21. The number of aromatic nitrogens is 3. The molecule has 0 radical (unpaired) electrons. The topological polar surface area (TPSA) is 119 Å². The summed E-state index contributed by atoms with van der Waals surface area (Å²) in [4.78, 5) is 12.9. The van der Waals surface area contributed by atoms with E-state index in [9.17, 15) is 15.3 Å². The highest BCUT2D eigenvalue weighted by atomic mass is 32.2. The van der Waals surface area contributed by atoms with Gasteiger partial charge in [0.25, 0.3) is 0 Å². The number of carbonyl (C=O) groups excluding carboxylic acids is 1. The van der Waals surface area contributed by atoms with Gasteiger partial charge in [-0.3, -0.25) is 9.36 Å². The molecule has 168 valence electrons. The van der Waals surface area contributed by atoms with Crippen LogP contribution in [-0.2, 0) is 4.79 Å². The molecule has 4 rings (SSSR count). The van der Waals surface area contributed by atoms with Gasteiger partial charge >= 0.3 is 0 Å². The standard InChI is InChI=1S/C23H23N7OS2/c1-32-21-18(13-25)23(10-6-3-7-11-23)17(12-24)20(28-21)27-19(31)14-33-22-29-26-15-30(22)16-8-4-2-5-9-16/h2,4-5,8-9,15,28H,3,6-7,10-11,14H2,1H3,(H,27,31). The lowest BCUT2D eigenvalue weighted by atomic mass is 9.64. The van der Waals surface area contributed by atoms with Gasteiger partial charge in [-0.15, -0.1) is 22.0 Å². The monoisotopic (exact) mass is 477 g/mol. The smallest absolute Gasteiger partial charge is 0.235 e. The first-order valence-electron chi connectivity index (χ1n) is 10.6. The summed E-state index contributed by atoms with van der Waals surface area (Å²) in [7, 11) is 0. The summed E-state index contributed by atoms with van der Waals surface area (Å²) in [6.07, 6.45) is 7.95. The van der Waals surface area contributed by atoms with Crippen molar-refractivity contribution in [2.75, 3.05) is 12.0 Å².